The number of carboxylic acid groups (broad SMARTS) is 1. The van der Waals surface area contributed by atoms with Crippen molar-refractivity contribution in [2.75, 3.05) is 6.54 Å². The van der Waals surface area contributed by atoms with Gasteiger partial charge in [0.15, 0.2) is 0 Å². The lowest BCUT2D eigenvalue weighted by Gasteiger charge is -2.25. The van der Waals surface area contributed by atoms with Crippen molar-refractivity contribution in [2.45, 2.75) is 103 Å². The average Bonchev–Trinajstić information content (AvgIpc) is 3.18. The minimum absolute atomic E-state index is 0.139. The second kappa shape index (κ2) is 12.7. The van der Waals surface area contributed by atoms with Gasteiger partial charge in [0.25, 0.3) is 5.91 Å². The fourth-order valence-corrected chi connectivity index (χ4v) is 6.31. The molecule has 1 fully saturated rings. The highest BCUT2D eigenvalue weighted by Gasteiger charge is 2.36. The van der Waals surface area contributed by atoms with Gasteiger partial charge in [0.1, 0.15) is 11.0 Å². The smallest absolute Gasteiger partial charge is 0.417 e. The lowest BCUT2D eigenvalue weighted by atomic mass is 9.89. The van der Waals surface area contributed by atoms with E-state index in [1.165, 1.54) is 12.1 Å². The van der Waals surface area contributed by atoms with Crippen LogP contribution in [0.4, 0.5) is 13.2 Å². The number of carboxylic acids is 1. The first-order chi connectivity index (χ1) is 18.9. The molecule has 3 N–H and O–H groups in total. The van der Waals surface area contributed by atoms with E-state index in [2.05, 4.69) is 10.0 Å². The summed E-state index contributed by atoms with van der Waals surface area (Å²) in [7, 11) is -2.09. The van der Waals surface area contributed by atoms with Gasteiger partial charge in [-0.1, -0.05) is 25.3 Å². The van der Waals surface area contributed by atoms with E-state index >= 15 is 0 Å². The van der Waals surface area contributed by atoms with Gasteiger partial charge in [-0.05, 0) is 90.5 Å². The highest BCUT2D eigenvalue weighted by Crippen LogP contribution is 2.38. The molecule has 7 nitrogen and oxygen atoms in total. The molecule has 1 heterocycles. The monoisotopic (exact) mass is 597 g/mol. The maximum Gasteiger partial charge on any atom is 0.417 e. The zero-order valence-corrected chi connectivity index (χ0v) is 25.5. The normalized spacial score (nSPS) is 16.0. The van der Waals surface area contributed by atoms with E-state index in [9.17, 15) is 32.1 Å². The van der Waals surface area contributed by atoms with Gasteiger partial charge in [0.05, 0.1) is 21.4 Å². The number of alkyl halides is 3. The molecule has 0 saturated heterocycles. The van der Waals surface area contributed by atoms with Gasteiger partial charge < -0.3 is 15.0 Å². The van der Waals surface area contributed by atoms with Crippen LogP contribution in [0.5, 0.6) is 0 Å². The zero-order chi connectivity index (χ0) is 30.8. The summed E-state index contributed by atoms with van der Waals surface area (Å²) in [6.45, 7) is 10.8. The second-order valence-corrected chi connectivity index (χ2v) is 13.8. The van der Waals surface area contributed by atoms with Gasteiger partial charge in [-0.25, -0.2) is 8.93 Å². The lowest BCUT2D eigenvalue weighted by Crippen LogP contribution is -2.37. The molecule has 1 atom stereocenters. The predicted molar refractivity (Wildman–Crippen MR) is 154 cm³/mol. The third-order valence-electron chi connectivity index (χ3n) is 7.57. The summed E-state index contributed by atoms with van der Waals surface area (Å²) in [5, 5.41) is 12.1. The number of carbonyl (C=O) groups is 2. The molecule has 1 amide bonds. The maximum atomic E-state index is 14.2. The minimum atomic E-state index is -4.74. The number of hydrogen-bond donors (Lipinski definition) is 3. The number of hydrogen-bond acceptors (Lipinski definition) is 3. The third kappa shape index (κ3) is 8.44. The molecule has 0 bridgehead atoms. The standard InChI is InChI=1S/C30H42F3N3O4S/c1-19-22(26(37)34-15-14-29(5,6)27(38)39)17-24(36(19)18-20-10-8-7-9-11-20)21-12-13-25(23(16-21)30(31,32)33)41(40)35-28(2,3)4/h12-13,16-17,20,35H,7-11,14-15,18H2,1-6H3,(H,34,37)(H,38,39). The Balaban J connectivity index is 2.04. The number of nitrogens with one attached hydrogen (secondary N) is 2. The van der Waals surface area contributed by atoms with Crippen LogP contribution in [0.15, 0.2) is 29.2 Å². The Hall–Kier alpha value is -2.66. The number of amides is 1. The van der Waals surface area contributed by atoms with E-state index in [1.54, 1.807) is 47.6 Å². The highest BCUT2D eigenvalue weighted by atomic mass is 32.2. The number of rotatable bonds is 10. The van der Waals surface area contributed by atoms with E-state index < -0.39 is 45.6 Å². The number of carbonyl (C=O) groups excluding carboxylic acids is 1. The maximum absolute atomic E-state index is 14.2. The van der Waals surface area contributed by atoms with Gasteiger partial charge >= 0.3 is 12.1 Å². The summed E-state index contributed by atoms with van der Waals surface area (Å²) in [5.74, 6) is -1.03. The van der Waals surface area contributed by atoms with E-state index in [1.807, 2.05) is 4.57 Å². The number of aromatic nitrogens is 1. The van der Waals surface area contributed by atoms with Crippen molar-refractivity contribution < 1.29 is 32.1 Å². The predicted octanol–water partition coefficient (Wildman–Crippen LogP) is 6.70. The largest absolute Gasteiger partial charge is 0.481 e. The Kier molecular flexibility index (Phi) is 10.2. The molecule has 1 aromatic heterocycles. The molecule has 228 valence electrons. The Morgan fingerprint density at radius 2 is 1.68 bits per heavy atom. The molecule has 3 rings (SSSR count). The second-order valence-electron chi connectivity index (χ2n) is 12.7. The highest BCUT2D eigenvalue weighted by molar-refractivity contribution is 7.83. The average molecular weight is 598 g/mol. The van der Waals surface area contributed by atoms with Gasteiger partial charge in [-0.2, -0.15) is 13.2 Å². The van der Waals surface area contributed by atoms with Crippen molar-refractivity contribution in [1.82, 2.24) is 14.6 Å². The molecular formula is C30H42F3N3O4S. The van der Waals surface area contributed by atoms with Crippen LogP contribution >= 0.6 is 0 Å². The number of nitrogens with zero attached hydrogens (tertiary/aromatic N) is 1. The van der Waals surface area contributed by atoms with E-state index in [4.69, 9.17) is 0 Å². The van der Waals surface area contributed by atoms with Gasteiger partial charge in [-0.3, -0.25) is 9.59 Å². The van der Waals surface area contributed by atoms with Crippen LogP contribution in [0.25, 0.3) is 11.3 Å². The third-order valence-corrected chi connectivity index (χ3v) is 9.12. The van der Waals surface area contributed by atoms with E-state index in [0.717, 1.165) is 38.2 Å². The SMILES string of the molecule is Cc1c(C(=O)NCCC(C)(C)C(=O)O)cc(-c2ccc(S(=O)NC(C)(C)C)c(C(F)(F)F)c2)n1CC1CCCCC1. The van der Waals surface area contributed by atoms with Crippen molar-refractivity contribution in [3.63, 3.8) is 0 Å². The number of aliphatic carboxylic acids is 1. The Bertz CT molecular complexity index is 1290. The summed E-state index contributed by atoms with van der Waals surface area (Å²) in [6, 6.07) is 5.39. The minimum Gasteiger partial charge on any atom is -0.481 e. The van der Waals surface area contributed by atoms with Gasteiger partial charge in [0.2, 0.25) is 0 Å². The van der Waals surface area contributed by atoms with E-state index in [-0.39, 0.29) is 23.4 Å². The van der Waals surface area contributed by atoms with E-state index in [0.29, 0.717) is 29.4 Å². The molecule has 0 spiro atoms. The molecule has 41 heavy (non-hydrogen) atoms. The van der Waals surface area contributed by atoms with Crippen LogP contribution in [-0.2, 0) is 28.5 Å². The van der Waals surface area contributed by atoms with Gasteiger partial charge in [0, 0.05) is 30.0 Å². The molecule has 1 saturated carbocycles. The van der Waals surface area contributed by atoms with Crippen LogP contribution in [0, 0.1) is 18.3 Å². The molecule has 1 unspecified atom stereocenters. The van der Waals surface area contributed by atoms with Crippen molar-refractivity contribution in [3.05, 3.63) is 41.1 Å². The van der Waals surface area contributed by atoms with Crippen LogP contribution in [0.1, 0.15) is 94.8 Å². The van der Waals surface area contributed by atoms with Gasteiger partial charge in [-0.15, -0.1) is 0 Å². The molecule has 0 aliphatic heterocycles. The zero-order valence-electron chi connectivity index (χ0n) is 24.7. The Labute approximate surface area is 242 Å². The number of halogens is 3. The molecule has 1 aromatic carbocycles. The summed E-state index contributed by atoms with van der Waals surface area (Å²) < 4.78 is 60.2. The van der Waals surface area contributed by atoms with Crippen LogP contribution in [-0.4, -0.2) is 37.8 Å². The molecule has 1 aliphatic carbocycles. The first-order valence-electron chi connectivity index (χ1n) is 14.0. The fraction of sp³-hybridized carbons (Fsp3) is 0.600. The molecule has 11 heteroatoms. The first kappa shape index (κ1) is 32.8. The summed E-state index contributed by atoms with van der Waals surface area (Å²) in [4.78, 5) is 24.3. The Morgan fingerprint density at radius 3 is 2.24 bits per heavy atom. The van der Waals surface area contributed by atoms with Crippen LogP contribution < -0.4 is 10.0 Å². The number of benzene rings is 1. The van der Waals surface area contributed by atoms with Crippen molar-refractivity contribution in [1.29, 1.82) is 0 Å². The first-order valence-corrected chi connectivity index (χ1v) is 15.2. The lowest BCUT2D eigenvalue weighted by molar-refractivity contribution is -0.147. The van der Waals surface area contributed by atoms with Crippen molar-refractivity contribution in [3.8, 4) is 11.3 Å². The molecule has 0 radical (unpaired) electrons. The quantitative estimate of drug-likeness (QED) is 0.284. The van der Waals surface area contributed by atoms with Crippen molar-refractivity contribution >= 4 is 22.9 Å². The summed E-state index contributed by atoms with van der Waals surface area (Å²) in [6.07, 6.45) is 0.830. The molecular weight excluding hydrogens is 555 g/mol. The van der Waals surface area contributed by atoms with Crippen LogP contribution in [0.2, 0.25) is 0 Å². The Morgan fingerprint density at radius 1 is 1.05 bits per heavy atom. The topological polar surface area (TPSA) is 100 Å². The summed E-state index contributed by atoms with van der Waals surface area (Å²) in [5.41, 5.74) is -0.946. The van der Waals surface area contributed by atoms with Crippen molar-refractivity contribution in [2.24, 2.45) is 11.3 Å². The fourth-order valence-electron chi connectivity index (χ4n) is 5.07. The molecule has 2 aromatic rings. The summed E-state index contributed by atoms with van der Waals surface area (Å²) >= 11 is 0. The molecule has 1 aliphatic rings. The van der Waals surface area contributed by atoms with Crippen LogP contribution in [0.3, 0.4) is 0 Å².